The summed E-state index contributed by atoms with van der Waals surface area (Å²) < 4.78 is 0. The molecule has 0 fully saturated rings. The van der Waals surface area contributed by atoms with Gasteiger partial charge in [0.2, 0.25) is 11.8 Å². The quantitative estimate of drug-likeness (QED) is 0.697. The lowest BCUT2D eigenvalue weighted by Crippen LogP contribution is -2.05. The van der Waals surface area contributed by atoms with Crippen molar-refractivity contribution in [2.24, 2.45) is 0 Å². The average Bonchev–Trinajstić information content (AvgIpc) is 3.00. The average molecular weight is 298 g/mol. The molecule has 0 saturated heterocycles. The molecule has 3 rings (SSSR count). The van der Waals surface area contributed by atoms with Gasteiger partial charge in [-0.2, -0.15) is 4.80 Å². The standard InChI is InChI=1S/C13H14N8O/c1-8(2)21-19-12(18-20-21)10-5-9(22)3-4-11(10)17-13-15-6-14-7-16-13/h3-8,22H,1-2H3,(H,14,15,16,17). The van der Waals surface area contributed by atoms with Gasteiger partial charge in [-0.3, -0.25) is 0 Å². The van der Waals surface area contributed by atoms with Crippen molar-refractivity contribution in [1.82, 2.24) is 35.2 Å². The monoisotopic (exact) mass is 298 g/mol. The summed E-state index contributed by atoms with van der Waals surface area (Å²) >= 11 is 0. The van der Waals surface area contributed by atoms with Crippen LogP contribution in [0.2, 0.25) is 0 Å². The minimum absolute atomic E-state index is 0.0958. The van der Waals surface area contributed by atoms with E-state index in [4.69, 9.17) is 0 Å². The molecule has 0 unspecified atom stereocenters. The lowest BCUT2D eigenvalue weighted by Gasteiger charge is -2.08. The van der Waals surface area contributed by atoms with Gasteiger partial charge < -0.3 is 10.4 Å². The number of phenolic OH excluding ortho intramolecular Hbond substituents is 1. The van der Waals surface area contributed by atoms with Crippen molar-refractivity contribution in [2.75, 3.05) is 5.32 Å². The van der Waals surface area contributed by atoms with Gasteiger partial charge in [-0.15, -0.1) is 10.2 Å². The first kappa shape index (κ1) is 13.9. The molecule has 9 nitrogen and oxygen atoms in total. The molecule has 1 aromatic carbocycles. The van der Waals surface area contributed by atoms with Crippen molar-refractivity contribution in [3.63, 3.8) is 0 Å². The molecule has 0 saturated carbocycles. The van der Waals surface area contributed by atoms with Crippen LogP contribution in [-0.2, 0) is 0 Å². The molecule has 0 atom stereocenters. The second-order valence-electron chi connectivity index (χ2n) is 4.84. The fourth-order valence-electron chi connectivity index (χ4n) is 1.80. The molecular formula is C13H14N8O. The van der Waals surface area contributed by atoms with Gasteiger partial charge in [0.15, 0.2) is 0 Å². The van der Waals surface area contributed by atoms with Gasteiger partial charge in [-0.25, -0.2) is 15.0 Å². The Kier molecular flexibility index (Phi) is 3.60. The van der Waals surface area contributed by atoms with Crippen molar-refractivity contribution >= 4 is 11.6 Å². The number of phenols is 1. The topological polar surface area (TPSA) is 115 Å². The van der Waals surface area contributed by atoms with Crippen LogP contribution in [0.3, 0.4) is 0 Å². The summed E-state index contributed by atoms with van der Waals surface area (Å²) in [6, 6.07) is 4.91. The summed E-state index contributed by atoms with van der Waals surface area (Å²) in [5.41, 5.74) is 1.26. The van der Waals surface area contributed by atoms with Crippen molar-refractivity contribution in [2.45, 2.75) is 19.9 Å². The van der Waals surface area contributed by atoms with Crippen LogP contribution in [0.5, 0.6) is 5.75 Å². The summed E-state index contributed by atoms with van der Waals surface area (Å²) in [6.07, 6.45) is 2.78. The van der Waals surface area contributed by atoms with E-state index in [0.29, 0.717) is 23.0 Å². The van der Waals surface area contributed by atoms with Gasteiger partial charge in [0.1, 0.15) is 18.4 Å². The lowest BCUT2D eigenvalue weighted by atomic mass is 10.1. The van der Waals surface area contributed by atoms with Crippen LogP contribution in [0.15, 0.2) is 30.9 Å². The van der Waals surface area contributed by atoms with Crippen molar-refractivity contribution in [3.05, 3.63) is 30.9 Å². The Labute approximate surface area is 126 Å². The van der Waals surface area contributed by atoms with E-state index in [2.05, 4.69) is 35.7 Å². The number of anilines is 2. The molecule has 0 radical (unpaired) electrons. The second kappa shape index (κ2) is 5.72. The summed E-state index contributed by atoms with van der Waals surface area (Å²) in [5.74, 6) is 0.899. The van der Waals surface area contributed by atoms with Gasteiger partial charge in [0.25, 0.3) is 0 Å². The summed E-state index contributed by atoms with van der Waals surface area (Å²) in [5, 5.41) is 25.1. The van der Waals surface area contributed by atoms with E-state index < -0.39 is 0 Å². The van der Waals surface area contributed by atoms with Gasteiger partial charge in [-0.1, -0.05) is 0 Å². The first-order valence-corrected chi connectivity index (χ1v) is 6.65. The Morgan fingerprint density at radius 3 is 2.64 bits per heavy atom. The van der Waals surface area contributed by atoms with Gasteiger partial charge in [0, 0.05) is 0 Å². The summed E-state index contributed by atoms with van der Waals surface area (Å²) in [6.45, 7) is 3.91. The maximum Gasteiger partial charge on any atom is 0.230 e. The Morgan fingerprint density at radius 1 is 1.18 bits per heavy atom. The summed E-state index contributed by atoms with van der Waals surface area (Å²) in [7, 11) is 0. The molecule has 0 amide bonds. The number of benzene rings is 1. The highest BCUT2D eigenvalue weighted by Crippen LogP contribution is 2.30. The number of rotatable bonds is 4. The smallest absolute Gasteiger partial charge is 0.230 e. The lowest BCUT2D eigenvalue weighted by molar-refractivity contribution is 0.455. The highest BCUT2D eigenvalue weighted by Gasteiger charge is 2.14. The molecule has 0 spiro atoms. The van der Waals surface area contributed by atoms with E-state index in [-0.39, 0.29) is 11.8 Å². The molecule has 2 heterocycles. The van der Waals surface area contributed by atoms with E-state index in [1.54, 1.807) is 18.2 Å². The molecule has 0 aliphatic carbocycles. The number of nitrogens with one attached hydrogen (secondary N) is 1. The van der Waals surface area contributed by atoms with Crippen molar-refractivity contribution < 1.29 is 5.11 Å². The highest BCUT2D eigenvalue weighted by atomic mass is 16.3. The van der Waals surface area contributed by atoms with Crippen LogP contribution in [0, 0.1) is 0 Å². The normalized spacial score (nSPS) is 10.9. The van der Waals surface area contributed by atoms with Crippen LogP contribution in [0.1, 0.15) is 19.9 Å². The van der Waals surface area contributed by atoms with Gasteiger partial charge in [0.05, 0.1) is 17.3 Å². The Morgan fingerprint density at radius 2 is 1.95 bits per heavy atom. The third-order valence-electron chi connectivity index (χ3n) is 2.87. The molecule has 112 valence electrons. The molecule has 2 aromatic heterocycles. The zero-order chi connectivity index (χ0) is 15.5. The van der Waals surface area contributed by atoms with E-state index in [0.717, 1.165) is 0 Å². The van der Waals surface area contributed by atoms with Crippen LogP contribution >= 0.6 is 0 Å². The molecule has 22 heavy (non-hydrogen) atoms. The molecule has 3 aromatic rings. The fraction of sp³-hybridized carbons (Fsp3) is 0.231. The number of hydrogen-bond donors (Lipinski definition) is 2. The fourth-order valence-corrected chi connectivity index (χ4v) is 1.80. The maximum absolute atomic E-state index is 9.73. The predicted octanol–water partition coefficient (Wildman–Crippen LogP) is 1.56. The van der Waals surface area contributed by atoms with Crippen molar-refractivity contribution in [3.8, 4) is 17.1 Å². The number of aromatic nitrogens is 7. The SMILES string of the molecule is CC(C)n1nnc(-c2cc(O)ccc2Nc2ncncn2)n1. The number of nitrogens with zero attached hydrogens (tertiary/aromatic N) is 7. The highest BCUT2D eigenvalue weighted by molar-refractivity contribution is 5.77. The summed E-state index contributed by atoms with van der Waals surface area (Å²) in [4.78, 5) is 13.3. The van der Waals surface area contributed by atoms with E-state index in [1.165, 1.54) is 17.5 Å². The molecule has 0 bridgehead atoms. The molecule has 0 aliphatic heterocycles. The Hall–Kier alpha value is -3.10. The van der Waals surface area contributed by atoms with E-state index in [9.17, 15) is 5.11 Å². The van der Waals surface area contributed by atoms with E-state index in [1.807, 2.05) is 13.8 Å². The Bertz CT molecular complexity index is 771. The third kappa shape index (κ3) is 2.82. The minimum Gasteiger partial charge on any atom is -0.508 e. The first-order chi connectivity index (χ1) is 10.6. The van der Waals surface area contributed by atoms with Gasteiger partial charge >= 0.3 is 0 Å². The van der Waals surface area contributed by atoms with E-state index >= 15 is 0 Å². The zero-order valence-corrected chi connectivity index (χ0v) is 12.0. The van der Waals surface area contributed by atoms with Crippen molar-refractivity contribution in [1.29, 1.82) is 0 Å². The third-order valence-corrected chi connectivity index (χ3v) is 2.87. The maximum atomic E-state index is 9.73. The Balaban J connectivity index is 2.00. The molecule has 9 heteroatoms. The predicted molar refractivity (Wildman–Crippen MR) is 78.4 cm³/mol. The number of hydrogen-bond acceptors (Lipinski definition) is 8. The number of aromatic hydroxyl groups is 1. The van der Waals surface area contributed by atoms with Crippen LogP contribution in [-0.4, -0.2) is 40.3 Å². The first-order valence-electron chi connectivity index (χ1n) is 6.65. The van der Waals surface area contributed by atoms with Crippen LogP contribution < -0.4 is 5.32 Å². The zero-order valence-electron chi connectivity index (χ0n) is 12.0. The number of tetrazole rings is 1. The van der Waals surface area contributed by atoms with Crippen LogP contribution in [0.25, 0.3) is 11.4 Å². The largest absolute Gasteiger partial charge is 0.508 e. The van der Waals surface area contributed by atoms with Crippen LogP contribution in [0.4, 0.5) is 11.6 Å². The van der Waals surface area contributed by atoms with Gasteiger partial charge in [-0.05, 0) is 37.3 Å². The molecule has 0 aliphatic rings. The minimum atomic E-state index is 0.0958. The molecule has 2 N–H and O–H groups in total. The molecular weight excluding hydrogens is 284 g/mol. The second-order valence-corrected chi connectivity index (χ2v) is 4.84.